The second kappa shape index (κ2) is 6.01. The highest BCUT2D eigenvalue weighted by Gasteiger charge is 2.87. The van der Waals surface area contributed by atoms with Crippen LogP contribution in [-0.4, -0.2) is 82.1 Å². The SMILES string of the molecule is COC(=O)/C=C(/C(=O)OC)N1C2C3ON=C4CCC1C15COCC41C3n1c(=O)n(C)c(=O)n1C25. The van der Waals surface area contributed by atoms with Gasteiger partial charge < -0.3 is 23.9 Å². The number of carbonyl (C=O) groups excluding carboxylic acids is 2. The van der Waals surface area contributed by atoms with Gasteiger partial charge in [-0.15, -0.1) is 0 Å². The summed E-state index contributed by atoms with van der Waals surface area (Å²) in [7, 11) is 3.94. The van der Waals surface area contributed by atoms with E-state index in [0.29, 0.717) is 26.1 Å². The molecule has 0 N–H and O–H groups in total. The number of esters is 2. The van der Waals surface area contributed by atoms with E-state index in [9.17, 15) is 19.2 Å². The van der Waals surface area contributed by atoms with Gasteiger partial charge in [-0.1, -0.05) is 5.16 Å². The first-order valence-corrected chi connectivity index (χ1v) is 11.2. The summed E-state index contributed by atoms with van der Waals surface area (Å²) >= 11 is 0. The number of hydrogen-bond acceptors (Lipinski definition) is 10. The fourth-order valence-electron chi connectivity index (χ4n) is 8.08. The number of aromatic nitrogens is 3. The first-order chi connectivity index (χ1) is 16.3. The number of likely N-dealkylation sites (tertiary alicyclic amines) is 1. The molecule has 13 heteroatoms. The zero-order chi connectivity index (χ0) is 23.7. The van der Waals surface area contributed by atoms with Gasteiger partial charge in [-0.2, -0.15) is 0 Å². The normalized spacial score (nSPS) is 40.0. The van der Waals surface area contributed by atoms with Crippen molar-refractivity contribution >= 4 is 17.7 Å². The second-order valence-corrected chi connectivity index (χ2v) is 9.81. The first-order valence-electron chi connectivity index (χ1n) is 11.2. The van der Waals surface area contributed by atoms with Crippen LogP contribution in [0.15, 0.2) is 26.5 Å². The molecule has 4 fully saturated rings. The molecule has 6 bridgehead atoms. The number of rotatable bonds is 3. The number of ether oxygens (including phenoxy) is 3. The minimum Gasteiger partial charge on any atom is -0.466 e. The monoisotopic (exact) mass is 473 g/mol. The standard InChI is InChI=1S/C21H23N5O8/c1-23-18(29)25-15-13-14-16(26(25)19(23)30)20-7-33-8-21(15,20)11(5-4-10(20)22-34-14)24(13)9(17(28)32-3)6-12(27)31-2/h6,11,13-16H,4-5,7-8H2,1-3H3/b9-6-. The van der Waals surface area contributed by atoms with Gasteiger partial charge in [0.25, 0.3) is 0 Å². The topological polar surface area (TPSA) is 136 Å². The van der Waals surface area contributed by atoms with E-state index in [1.54, 1.807) is 0 Å². The van der Waals surface area contributed by atoms with E-state index in [-0.39, 0.29) is 11.7 Å². The molecule has 7 aliphatic rings. The molecule has 180 valence electrons. The first kappa shape index (κ1) is 20.1. The van der Waals surface area contributed by atoms with Gasteiger partial charge in [0.15, 0.2) is 6.10 Å². The summed E-state index contributed by atoms with van der Waals surface area (Å²) in [6, 6.07) is -1.90. The van der Waals surface area contributed by atoms with Crippen LogP contribution in [0.5, 0.6) is 0 Å². The zero-order valence-corrected chi connectivity index (χ0v) is 18.8. The molecule has 0 amide bonds. The third-order valence-corrected chi connectivity index (χ3v) is 9.06. The molecule has 6 heterocycles. The van der Waals surface area contributed by atoms with Crippen molar-refractivity contribution in [3.8, 4) is 0 Å². The predicted molar refractivity (Wildman–Crippen MR) is 111 cm³/mol. The number of carbonyl (C=O) groups is 2. The van der Waals surface area contributed by atoms with Crippen molar-refractivity contribution in [1.82, 2.24) is 18.8 Å². The Morgan fingerprint density at radius 2 is 1.85 bits per heavy atom. The Balaban J connectivity index is 1.57. The molecule has 7 unspecified atom stereocenters. The van der Waals surface area contributed by atoms with E-state index >= 15 is 0 Å². The van der Waals surface area contributed by atoms with Crippen molar-refractivity contribution in [3.05, 3.63) is 32.7 Å². The molecule has 1 aromatic heterocycles. The summed E-state index contributed by atoms with van der Waals surface area (Å²) in [5.74, 6) is -1.40. The Labute approximate surface area is 192 Å². The van der Waals surface area contributed by atoms with E-state index in [4.69, 9.17) is 19.0 Å². The minimum absolute atomic E-state index is 0.0337. The Morgan fingerprint density at radius 3 is 2.56 bits per heavy atom. The van der Waals surface area contributed by atoms with Gasteiger partial charge in [0, 0.05) is 13.1 Å². The van der Waals surface area contributed by atoms with E-state index in [2.05, 4.69) is 5.16 Å². The maximum Gasteiger partial charge on any atom is 0.354 e. The van der Waals surface area contributed by atoms with Gasteiger partial charge >= 0.3 is 23.3 Å². The van der Waals surface area contributed by atoms with Gasteiger partial charge in [-0.25, -0.2) is 33.1 Å². The van der Waals surface area contributed by atoms with Crippen LogP contribution >= 0.6 is 0 Å². The lowest BCUT2D eigenvalue weighted by Gasteiger charge is -2.63. The van der Waals surface area contributed by atoms with Crippen molar-refractivity contribution in [3.63, 3.8) is 0 Å². The van der Waals surface area contributed by atoms with Crippen molar-refractivity contribution in [1.29, 1.82) is 0 Å². The molecule has 2 saturated heterocycles. The zero-order valence-electron chi connectivity index (χ0n) is 18.8. The van der Waals surface area contributed by atoms with Gasteiger partial charge in [0.2, 0.25) is 0 Å². The third-order valence-electron chi connectivity index (χ3n) is 9.06. The Bertz CT molecular complexity index is 1350. The molecule has 34 heavy (non-hydrogen) atoms. The smallest absolute Gasteiger partial charge is 0.354 e. The van der Waals surface area contributed by atoms with Gasteiger partial charge in [0.05, 0.1) is 62.1 Å². The lowest BCUT2D eigenvalue weighted by Crippen LogP contribution is -2.75. The second-order valence-electron chi connectivity index (χ2n) is 9.81. The van der Waals surface area contributed by atoms with Crippen LogP contribution in [0, 0.1) is 10.8 Å². The Morgan fingerprint density at radius 1 is 1.12 bits per heavy atom. The summed E-state index contributed by atoms with van der Waals surface area (Å²) in [4.78, 5) is 59.8. The molecule has 8 rings (SSSR count). The van der Waals surface area contributed by atoms with E-state index in [0.717, 1.165) is 16.4 Å². The van der Waals surface area contributed by atoms with Crippen LogP contribution in [0.25, 0.3) is 0 Å². The molecule has 2 spiro atoms. The van der Waals surface area contributed by atoms with E-state index in [1.807, 2.05) is 4.90 Å². The van der Waals surface area contributed by atoms with Crippen molar-refractivity contribution in [2.45, 2.75) is 43.1 Å². The molecule has 5 aliphatic heterocycles. The maximum atomic E-state index is 13.3. The van der Waals surface area contributed by atoms with Crippen molar-refractivity contribution in [2.24, 2.45) is 23.0 Å². The Kier molecular flexibility index (Phi) is 3.54. The van der Waals surface area contributed by atoms with Gasteiger partial charge in [-0.05, 0) is 12.8 Å². The van der Waals surface area contributed by atoms with Crippen LogP contribution in [0.1, 0.15) is 24.9 Å². The molecular formula is C21H23N5O8. The molecule has 13 nitrogen and oxygen atoms in total. The Hall–Kier alpha value is -3.35. The molecule has 2 aliphatic carbocycles. The third kappa shape index (κ3) is 1.76. The van der Waals surface area contributed by atoms with Crippen LogP contribution in [0.3, 0.4) is 0 Å². The van der Waals surface area contributed by atoms with Crippen LogP contribution in [-0.2, 0) is 35.7 Å². The number of oxime groups is 1. The largest absolute Gasteiger partial charge is 0.466 e. The molecule has 0 radical (unpaired) electrons. The van der Waals surface area contributed by atoms with Gasteiger partial charge in [-0.3, -0.25) is 0 Å². The fourth-order valence-corrected chi connectivity index (χ4v) is 8.08. The molecule has 7 atom stereocenters. The highest BCUT2D eigenvalue weighted by Crippen LogP contribution is 2.76. The lowest BCUT2D eigenvalue weighted by molar-refractivity contribution is -0.172. The quantitative estimate of drug-likeness (QED) is 0.371. The number of hydrogen-bond donors (Lipinski definition) is 0. The summed E-state index contributed by atoms with van der Waals surface area (Å²) in [5, 5.41) is 4.50. The average Bonchev–Trinajstić information content (AvgIpc) is 3.48. The van der Waals surface area contributed by atoms with E-state index in [1.165, 1.54) is 30.6 Å². The van der Waals surface area contributed by atoms with E-state index < -0.39 is 58.4 Å². The van der Waals surface area contributed by atoms with Crippen LogP contribution in [0.2, 0.25) is 0 Å². The molecule has 1 aromatic rings. The van der Waals surface area contributed by atoms with Crippen LogP contribution < -0.4 is 11.4 Å². The fraction of sp³-hybridized carbons (Fsp3) is 0.667. The highest BCUT2D eigenvalue weighted by atomic mass is 16.6. The summed E-state index contributed by atoms with van der Waals surface area (Å²) in [6.45, 7) is 0.674. The van der Waals surface area contributed by atoms with Crippen molar-refractivity contribution in [2.75, 3.05) is 27.4 Å². The molecule has 0 aromatic carbocycles. The maximum absolute atomic E-state index is 13.3. The van der Waals surface area contributed by atoms with Crippen LogP contribution in [0.4, 0.5) is 0 Å². The molecular weight excluding hydrogens is 450 g/mol. The summed E-state index contributed by atoms with van der Waals surface area (Å²) < 4.78 is 20.2. The predicted octanol–water partition coefficient (Wildman–Crippen LogP) is -1.71. The lowest BCUT2D eigenvalue weighted by atomic mass is 9.45. The average molecular weight is 473 g/mol. The van der Waals surface area contributed by atoms with Crippen molar-refractivity contribution < 1.29 is 28.6 Å². The number of nitrogens with zero attached hydrogens (tertiary/aromatic N) is 5. The summed E-state index contributed by atoms with van der Waals surface area (Å²) in [6.07, 6.45) is 1.67. The number of methoxy groups -OCH3 is 2. The molecule has 2 saturated carbocycles. The summed E-state index contributed by atoms with van der Waals surface area (Å²) in [5.41, 5.74) is -1.28. The highest BCUT2D eigenvalue weighted by molar-refractivity contribution is 5.97. The minimum atomic E-state index is -0.702. The van der Waals surface area contributed by atoms with Gasteiger partial charge in [0.1, 0.15) is 11.7 Å².